The van der Waals surface area contributed by atoms with Gasteiger partial charge in [-0.3, -0.25) is 0 Å². The maximum Gasteiger partial charge on any atom is 0.150 e. The quantitative estimate of drug-likeness (QED) is 0.880. The van der Waals surface area contributed by atoms with Crippen molar-refractivity contribution in [1.29, 1.82) is 0 Å². The van der Waals surface area contributed by atoms with Gasteiger partial charge in [-0.25, -0.2) is 4.39 Å². The van der Waals surface area contributed by atoms with Crippen LogP contribution in [-0.2, 0) is 0 Å². The van der Waals surface area contributed by atoms with Crippen LogP contribution in [0.2, 0.25) is 5.02 Å². The highest BCUT2D eigenvalue weighted by Gasteiger charge is 2.07. The van der Waals surface area contributed by atoms with E-state index in [1.54, 1.807) is 18.2 Å². The molecular weight excluding hydrogens is 253 g/mol. The van der Waals surface area contributed by atoms with Gasteiger partial charge in [0, 0.05) is 16.8 Å². The Balaban J connectivity index is 2.31. The summed E-state index contributed by atoms with van der Waals surface area (Å²) in [5.74, 6) is 0.120. The molecule has 0 saturated carbocycles. The van der Waals surface area contributed by atoms with E-state index in [0.717, 1.165) is 11.3 Å². The smallest absolute Gasteiger partial charge is 0.150 e. The molecule has 0 amide bonds. The number of benzene rings is 2. The van der Waals surface area contributed by atoms with Crippen LogP contribution in [0.25, 0.3) is 0 Å². The number of anilines is 2. The second kappa shape index (κ2) is 5.27. The monoisotopic (exact) mass is 265 g/mol. The summed E-state index contributed by atoms with van der Waals surface area (Å²) in [4.78, 5) is 0. The van der Waals surface area contributed by atoms with Gasteiger partial charge in [-0.05, 0) is 36.8 Å². The first-order valence-corrected chi connectivity index (χ1v) is 5.85. The molecular formula is C14H13ClFNO. The van der Waals surface area contributed by atoms with Crippen LogP contribution < -0.4 is 10.1 Å². The Bertz CT molecular complexity index is 572. The fraction of sp³-hybridized carbons (Fsp3) is 0.143. The van der Waals surface area contributed by atoms with Gasteiger partial charge in [0.1, 0.15) is 11.6 Å². The van der Waals surface area contributed by atoms with E-state index >= 15 is 0 Å². The first-order chi connectivity index (χ1) is 8.61. The molecule has 0 saturated heterocycles. The Labute approximate surface area is 110 Å². The molecule has 0 aliphatic rings. The van der Waals surface area contributed by atoms with Crippen LogP contribution in [0.1, 0.15) is 5.56 Å². The van der Waals surface area contributed by atoms with Gasteiger partial charge in [-0.15, -0.1) is 0 Å². The van der Waals surface area contributed by atoms with Crippen molar-refractivity contribution in [2.75, 3.05) is 12.4 Å². The minimum Gasteiger partial charge on any atom is -0.497 e. The lowest BCUT2D eigenvalue weighted by Crippen LogP contribution is -1.96. The normalized spacial score (nSPS) is 10.2. The number of nitrogens with one attached hydrogen (secondary N) is 1. The standard InChI is InChI=1S/C14H13ClFNO/c1-9-11(15)4-3-5-13(9)17-14-7-6-10(18-2)8-12(14)16/h3-8,17H,1-2H3. The summed E-state index contributed by atoms with van der Waals surface area (Å²) in [7, 11) is 1.50. The Morgan fingerprint density at radius 3 is 2.61 bits per heavy atom. The van der Waals surface area contributed by atoms with Gasteiger partial charge in [0.2, 0.25) is 0 Å². The van der Waals surface area contributed by atoms with Crippen LogP contribution in [0.15, 0.2) is 36.4 Å². The molecule has 0 bridgehead atoms. The summed E-state index contributed by atoms with van der Waals surface area (Å²) in [5.41, 5.74) is 2.06. The zero-order valence-electron chi connectivity index (χ0n) is 10.1. The first kappa shape index (κ1) is 12.7. The van der Waals surface area contributed by atoms with Crippen molar-refractivity contribution >= 4 is 23.0 Å². The molecule has 4 heteroatoms. The van der Waals surface area contributed by atoms with Gasteiger partial charge in [-0.1, -0.05) is 17.7 Å². The van der Waals surface area contributed by atoms with E-state index in [9.17, 15) is 4.39 Å². The Kier molecular flexibility index (Phi) is 3.72. The van der Waals surface area contributed by atoms with E-state index in [0.29, 0.717) is 16.5 Å². The maximum atomic E-state index is 13.8. The third kappa shape index (κ3) is 2.57. The molecule has 2 rings (SSSR count). The van der Waals surface area contributed by atoms with E-state index < -0.39 is 0 Å². The molecule has 0 heterocycles. The molecule has 0 unspecified atom stereocenters. The zero-order valence-corrected chi connectivity index (χ0v) is 10.9. The predicted octanol–water partition coefficient (Wildman–Crippen LogP) is 4.54. The van der Waals surface area contributed by atoms with Crippen LogP contribution in [-0.4, -0.2) is 7.11 Å². The van der Waals surface area contributed by atoms with Gasteiger partial charge in [0.05, 0.1) is 12.8 Å². The molecule has 0 fully saturated rings. The predicted molar refractivity (Wildman–Crippen MR) is 72.4 cm³/mol. The lowest BCUT2D eigenvalue weighted by molar-refractivity contribution is 0.411. The molecule has 94 valence electrons. The van der Waals surface area contributed by atoms with Crippen LogP contribution in [0.4, 0.5) is 15.8 Å². The van der Waals surface area contributed by atoms with E-state index in [4.69, 9.17) is 16.3 Å². The van der Waals surface area contributed by atoms with Gasteiger partial charge < -0.3 is 10.1 Å². The Hall–Kier alpha value is -1.74. The number of methoxy groups -OCH3 is 1. The minimum absolute atomic E-state index is 0.367. The zero-order chi connectivity index (χ0) is 13.1. The largest absolute Gasteiger partial charge is 0.497 e. The van der Waals surface area contributed by atoms with Gasteiger partial charge in [-0.2, -0.15) is 0 Å². The lowest BCUT2D eigenvalue weighted by atomic mass is 10.2. The number of hydrogen-bond acceptors (Lipinski definition) is 2. The Morgan fingerprint density at radius 1 is 1.17 bits per heavy atom. The fourth-order valence-electron chi connectivity index (χ4n) is 1.61. The second-order valence-corrected chi connectivity index (χ2v) is 4.29. The molecule has 2 nitrogen and oxygen atoms in total. The summed E-state index contributed by atoms with van der Waals surface area (Å²) in [6.45, 7) is 1.88. The number of halogens is 2. The summed E-state index contributed by atoms with van der Waals surface area (Å²) < 4.78 is 18.7. The van der Waals surface area contributed by atoms with E-state index in [1.165, 1.54) is 13.2 Å². The van der Waals surface area contributed by atoms with Crippen LogP contribution in [0, 0.1) is 12.7 Å². The van der Waals surface area contributed by atoms with Crippen molar-refractivity contribution in [2.24, 2.45) is 0 Å². The van der Waals surface area contributed by atoms with E-state index in [2.05, 4.69) is 5.32 Å². The molecule has 2 aromatic carbocycles. The highest BCUT2D eigenvalue weighted by molar-refractivity contribution is 6.31. The fourth-order valence-corrected chi connectivity index (χ4v) is 1.79. The summed E-state index contributed by atoms with van der Waals surface area (Å²) in [5, 5.41) is 3.66. The van der Waals surface area contributed by atoms with Crippen molar-refractivity contribution in [1.82, 2.24) is 0 Å². The second-order valence-electron chi connectivity index (χ2n) is 3.88. The van der Waals surface area contributed by atoms with Crippen molar-refractivity contribution in [3.8, 4) is 5.75 Å². The van der Waals surface area contributed by atoms with E-state index in [-0.39, 0.29) is 5.82 Å². The van der Waals surface area contributed by atoms with Crippen LogP contribution in [0.3, 0.4) is 0 Å². The number of ether oxygens (including phenoxy) is 1. The van der Waals surface area contributed by atoms with Crippen LogP contribution in [0.5, 0.6) is 5.75 Å². The molecule has 18 heavy (non-hydrogen) atoms. The SMILES string of the molecule is COc1ccc(Nc2cccc(Cl)c2C)c(F)c1. The van der Waals surface area contributed by atoms with Gasteiger partial charge in [0.25, 0.3) is 0 Å². The first-order valence-electron chi connectivity index (χ1n) is 5.47. The molecule has 0 spiro atoms. The Morgan fingerprint density at radius 2 is 1.94 bits per heavy atom. The molecule has 1 N–H and O–H groups in total. The van der Waals surface area contributed by atoms with Crippen molar-refractivity contribution in [3.05, 3.63) is 52.8 Å². The average Bonchev–Trinajstić information content (AvgIpc) is 2.37. The highest BCUT2D eigenvalue weighted by atomic mass is 35.5. The number of rotatable bonds is 3. The van der Waals surface area contributed by atoms with Gasteiger partial charge in [0.15, 0.2) is 0 Å². The van der Waals surface area contributed by atoms with Crippen molar-refractivity contribution in [2.45, 2.75) is 6.92 Å². The summed E-state index contributed by atoms with van der Waals surface area (Å²) >= 11 is 6.01. The summed E-state index contributed by atoms with van der Waals surface area (Å²) in [6, 6.07) is 10.1. The number of hydrogen-bond donors (Lipinski definition) is 1. The molecule has 0 radical (unpaired) electrons. The van der Waals surface area contributed by atoms with E-state index in [1.807, 2.05) is 19.1 Å². The van der Waals surface area contributed by atoms with Crippen molar-refractivity contribution in [3.63, 3.8) is 0 Å². The summed E-state index contributed by atoms with van der Waals surface area (Å²) in [6.07, 6.45) is 0. The third-order valence-electron chi connectivity index (χ3n) is 2.71. The maximum absolute atomic E-state index is 13.8. The average molecular weight is 266 g/mol. The molecule has 0 aliphatic heterocycles. The molecule has 0 atom stereocenters. The molecule has 0 aliphatic carbocycles. The minimum atomic E-state index is -0.367. The van der Waals surface area contributed by atoms with Gasteiger partial charge >= 0.3 is 0 Å². The highest BCUT2D eigenvalue weighted by Crippen LogP contribution is 2.28. The molecule has 2 aromatic rings. The topological polar surface area (TPSA) is 21.3 Å². The van der Waals surface area contributed by atoms with Crippen LogP contribution >= 0.6 is 11.6 Å². The van der Waals surface area contributed by atoms with Crippen molar-refractivity contribution < 1.29 is 9.13 Å². The third-order valence-corrected chi connectivity index (χ3v) is 3.12. The lowest BCUT2D eigenvalue weighted by Gasteiger charge is -2.12. The molecule has 0 aromatic heterocycles.